The van der Waals surface area contributed by atoms with E-state index >= 15 is 0 Å². The summed E-state index contributed by atoms with van der Waals surface area (Å²) in [6, 6.07) is 14.3. The van der Waals surface area contributed by atoms with Crippen molar-refractivity contribution in [2.75, 3.05) is 13.1 Å². The summed E-state index contributed by atoms with van der Waals surface area (Å²) in [4.78, 5) is 20.4. The van der Waals surface area contributed by atoms with Crippen LogP contribution in [0.3, 0.4) is 0 Å². The Hall–Kier alpha value is -3.29. The van der Waals surface area contributed by atoms with Crippen molar-refractivity contribution in [3.05, 3.63) is 71.8 Å². The molecule has 1 aliphatic carbocycles. The molecule has 0 saturated carbocycles. The zero-order valence-electron chi connectivity index (χ0n) is 19.7. The average Bonchev–Trinajstić information content (AvgIpc) is 3.18. The predicted octanol–water partition coefficient (Wildman–Crippen LogP) is 3.46. The lowest BCUT2D eigenvalue weighted by Gasteiger charge is -2.12. The smallest absolute Gasteiger partial charge is 0.237 e. The molecule has 0 radical (unpaired) electrons. The van der Waals surface area contributed by atoms with E-state index in [2.05, 4.69) is 27.4 Å². The van der Waals surface area contributed by atoms with Crippen LogP contribution >= 0.6 is 0 Å². The van der Waals surface area contributed by atoms with Gasteiger partial charge in [0.25, 0.3) is 0 Å². The molecule has 178 valence electrons. The molecule has 7 heteroatoms. The highest BCUT2D eigenvalue weighted by Crippen LogP contribution is 2.30. The topological polar surface area (TPSA) is 112 Å². The summed E-state index contributed by atoms with van der Waals surface area (Å²) in [5, 5.41) is 5.62. The number of amides is 1. The van der Waals surface area contributed by atoms with E-state index in [0.29, 0.717) is 13.1 Å². The Morgan fingerprint density at radius 1 is 0.971 bits per heavy atom. The largest absolute Gasteiger partial charge is 0.368 e. The van der Waals surface area contributed by atoms with Crippen molar-refractivity contribution in [3.63, 3.8) is 0 Å². The second-order valence-corrected chi connectivity index (χ2v) is 8.71. The molecule has 1 aromatic carbocycles. The molecule has 3 aromatic heterocycles. The molecule has 34 heavy (non-hydrogen) atoms. The van der Waals surface area contributed by atoms with Crippen molar-refractivity contribution in [1.82, 2.24) is 19.9 Å². The molecule has 0 aliphatic heterocycles. The first-order chi connectivity index (χ1) is 16.7. The molecule has 0 fully saturated rings. The molecule has 0 saturated heterocycles. The minimum atomic E-state index is -0.358. The van der Waals surface area contributed by atoms with Crippen LogP contribution < -0.4 is 16.8 Å². The number of benzene rings is 1. The number of fused-ring (bicyclic) bond motifs is 4. The molecule has 4 aromatic rings. The van der Waals surface area contributed by atoms with Gasteiger partial charge in [-0.2, -0.15) is 0 Å². The highest BCUT2D eigenvalue weighted by atomic mass is 16.1. The number of carbonyl (C=O) groups excluding carboxylic acids is 1. The minimum Gasteiger partial charge on any atom is -0.368 e. The van der Waals surface area contributed by atoms with Crippen LogP contribution in [0.25, 0.3) is 21.8 Å². The van der Waals surface area contributed by atoms with E-state index in [-0.39, 0.29) is 12.5 Å². The summed E-state index contributed by atoms with van der Waals surface area (Å²) in [5.74, 6) is -0.358. The van der Waals surface area contributed by atoms with Gasteiger partial charge in [0.1, 0.15) is 6.54 Å². The Morgan fingerprint density at radius 3 is 2.65 bits per heavy atom. The van der Waals surface area contributed by atoms with Gasteiger partial charge in [-0.05, 0) is 75.4 Å². The zero-order valence-corrected chi connectivity index (χ0v) is 19.7. The zero-order chi connectivity index (χ0) is 23.8. The third kappa shape index (κ3) is 5.61. The lowest BCUT2D eigenvalue weighted by Crippen LogP contribution is -2.20. The molecule has 5 N–H and O–H groups in total. The number of hydrogen-bond donors (Lipinski definition) is 3. The van der Waals surface area contributed by atoms with Crippen LogP contribution in [0.4, 0.5) is 0 Å². The normalized spacial score (nSPS) is 12.9. The van der Waals surface area contributed by atoms with E-state index in [4.69, 9.17) is 11.5 Å². The van der Waals surface area contributed by atoms with Gasteiger partial charge in [-0.25, -0.2) is 0 Å². The molecule has 1 amide bonds. The van der Waals surface area contributed by atoms with Gasteiger partial charge in [0, 0.05) is 40.9 Å². The lowest BCUT2D eigenvalue weighted by atomic mass is 9.96. The summed E-state index contributed by atoms with van der Waals surface area (Å²) in [5.41, 5.74) is 16.7. The number of aromatic nitrogens is 3. The second kappa shape index (κ2) is 11.7. The number of aryl methyl sites for hydroxylation is 2. The monoisotopic (exact) mass is 458 g/mol. The SMILES string of the molecule is NCCCCNCc1nccc2c3ccccc3n(CC(N)=O)c12.c1cnc2c(c1)CCCC2. The molecule has 7 nitrogen and oxygen atoms in total. The number of unbranched alkanes of at least 4 members (excludes halogenated alkanes) is 1. The van der Waals surface area contributed by atoms with Gasteiger partial charge in [-0.3, -0.25) is 14.8 Å². The first-order valence-corrected chi connectivity index (χ1v) is 12.2. The van der Waals surface area contributed by atoms with Crippen LogP contribution in [0.2, 0.25) is 0 Å². The molecular weight excluding hydrogens is 424 g/mol. The molecule has 0 unspecified atom stereocenters. The molecule has 3 heterocycles. The maximum absolute atomic E-state index is 11.6. The van der Waals surface area contributed by atoms with E-state index < -0.39 is 0 Å². The Labute approximate surface area is 200 Å². The molecular formula is C27H34N6O. The Bertz CT molecular complexity index is 1220. The summed E-state index contributed by atoms with van der Waals surface area (Å²) < 4.78 is 1.97. The Kier molecular flexibility index (Phi) is 8.22. The maximum atomic E-state index is 11.6. The van der Waals surface area contributed by atoms with E-state index in [9.17, 15) is 4.79 Å². The predicted molar refractivity (Wildman–Crippen MR) is 137 cm³/mol. The summed E-state index contributed by atoms with van der Waals surface area (Å²) in [6.45, 7) is 2.40. The van der Waals surface area contributed by atoms with Crippen LogP contribution in [0.5, 0.6) is 0 Å². The maximum Gasteiger partial charge on any atom is 0.237 e. The van der Waals surface area contributed by atoms with Crippen molar-refractivity contribution >= 4 is 27.7 Å². The average molecular weight is 459 g/mol. The number of carbonyl (C=O) groups is 1. The number of nitrogens with two attached hydrogens (primary N) is 2. The second-order valence-electron chi connectivity index (χ2n) is 8.71. The fraction of sp³-hybridized carbons (Fsp3) is 0.370. The van der Waals surface area contributed by atoms with Crippen LogP contribution in [-0.2, 0) is 30.7 Å². The van der Waals surface area contributed by atoms with E-state index in [1.54, 1.807) is 0 Å². The third-order valence-electron chi connectivity index (χ3n) is 6.26. The van der Waals surface area contributed by atoms with Crippen LogP contribution in [0.15, 0.2) is 54.9 Å². The van der Waals surface area contributed by atoms with Gasteiger partial charge in [0.05, 0.1) is 11.2 Å². The first kappa shape index (κ1) is 23.9. The number of hydrogen-bond acceptors (Lipinski definition) is 5. The Balaban J connectivity index is 0.000000226. The fourth-order valence-corrected chi connectivity index (χ4v) is 4.66. The first-order valence-electron chi connectivity index (χ1n) is 12.2. The molecule has 0 spiro atoms. The van der Waals surface area contributed by atoms with Gasteiger partial charge in [-0.15, -0.1) is 0 Å². The molecule has 0 bridgehead atoms. The van der Waals surface area contributed by atoms with Crippen molar-refractivity contribution < 1.29 is 4.79 Å². The number of nitrogens with zero attached hydrogens (tertiary/aromatic N) is 3. The van der Waals surface area contributed by atoms with Gasteiger partial charge in [-0.1, -0.05) is 24.3 Å². The molecule has 1 aliphatic rings. The molecule has 0 atom stereocenters. The number of pyridine rings is 2. The molecule has 5 rings (SSSR count). The van der Waals surface area contributed by atoms with Gasteiger partial charge in [0.2, 0.25) is 5.91 Å². The summed E-state index contributed by atoms with van der Waals surface area (Å²) >= 11 is 0. The quantitative estimate of drug-likeness (QED) is 0.350. The van der Waals surface area contributed by atoms with Crippen molar-refractivity contribution in [3.8, 4) is 0 Å². The minimum absolute atomic E-state index is 0.149. The highest BCUT2D eigenvalue weighted by molar-refractivity contribution is 6.09. The van der Waals surface area contributed by atoms with Gasteiger partial charge in [0.15, 0.2) is 0 Å². The van der Waals surface area contributed by atoms with E-state index in [1.165, 1.54) is 36.9 Å². The van der Waals surface area contributed by atoms with Crippen LogP contribution in [-0.4, -0.2) is 33.5 Å². The lowest BCUT2D eigenvalue weighted by molar-refractivity contribution is -0.118. The third-order valence-corrected chi connectivity index (χ3v) is 6.26. The van der Waals surface area contributed by atoms with Crippen molar-refractivity contribution in [1.29, 1.82) is 0 Å². The Morgan fingerprint density at radius 2 is 1.82 bits per heavy atom. The fourth-order valence-electron chi connectivity index (χ4n) is 4.66. The van der Waals surface area contributed by atoms with Crippen LogP contribution in [0.1, 0.15) is 42.6 Å². The number of rotatable bonds is 8. The van der Waals surface area contributed by atoms with Gasteiger partial charge >= 0.3 is 0 Å². The summed E-state index contributed by atoms with van der Waals surface area (Å²) in [7, 11) is 0. The highest BCUT2D eigenvalue weighted by Gasteiger charge is 2.15. The van der Waals surface area contributed by atoms with Crippen molar-refractivity contribution in [2.45, 2.75) is 51.6 Å². The number of para-hydroxylation sites is 1. The van der Waals surface area contributed by atoms with Gasteiger partial charge < -0.3 is 21.4 Å². The summed E-state index contributed by atoms with van der Waals surface area (Å²) in [6.07, 6.45) is 10.9. The standard InChI is InChI=1S/C18H23N5O.C9H11N/c19-8-3-4-9-21-11-15-18-14(7-10-22-15)13-5-1-2-6-16(13)23(18)12-17(20)24;1-2-6-9-8(4-1)5-3-7-10-9/h1-2,5-7,10,21H,3-4,8-9,11-12,19H2,(H2,20,24);3,5,7H,1-2,4,6H2. The van der Waals surface area contributed by atoms with Crippen LogP contribution in [0, 0.1) is 0 Å². The van der Waals surface area contributed by atoms with E-state index in [1.807, 2.05) is 47.3 Å². The van der Waals surface area contributed by atoms with Crippen molar-refractivity contribution in [2.24, 2.45) is 11.5 Å². The number of nitrogens with one attached hydrogen (secondary N) is 1. The van der Waals surface area contributed by atoms with E-state index in [0.717, 1.165) is 46.9 Å². The number of primary amides is 1.